The van der Waals surface area contributed by atoms with E-state index in [9.17, 15) is 9.59 Å². The lowest BCUT2D eigenvalue weighted by Gasteiger charge is -2.26. The molecule has 2 amide bonds. The Morgan fingerprint density at radius 3 is 2.62 bits per heavy atom. The lowest BCUT2D eigenvalue weighted by molar-refractivity contribution is 0.0711. The molecular formula is C18H22N6O2. The summed E-state index contributed by atoms with van der Waals surface area (Å²) >= 11 is 0. The molecule has 0 radical (unpaired) electrons. The van der Waals surface area contributed by atoms with E-state index >= 15 is 0 Å². The Labute approximate surface area is 151 Å². The van der Waals surface area contributed by atoms with E-state index < -0.39 is 5.91 Å². The molecule has 1 aliphatic heterocycles. The van der Waals surface area contributed by atoms with Crippen molar-refractivity contribution in [1.82, 2.24) is 30.4 Å². The van der Waals surface area contributed by atoms with Crippen molar-refractivity contribution in [1.29, 1.82) is 0 Å². The first-order valence-corrected chi connectivity index (χ1v) is 9.17. The average molecular weight is 354 g/mol. The first-order valence-electron chi connectivity index (χ1n) is 9.17. The van der Waals surface area contributed by atoms with E-state index in [4.69, 9.17) is 0 Å². The molecule has 2 N–H and O–H groups in total. The molecule has 8 nitrogen and oxygen atoms in total. The van der Waals surface area contributed by atoms with Gasteiger partial charge < -0.3 is 10.2 Å². The minimum atomic E-state index is -0.395. The average Bonchev–Trinajstić information content (AvgIpc) is 3.30. The van der Waals surface area contributed by atoms with Gasteiger partial charge in [0, 0.05) is 31.2 Å². The second-order valence-corrected chi connectivity index (χ2v) is 6.77. The normalized spacial score (nSPS) is 16.4. The number of rotatable bonds is 4. The standard InChI is InChI=1S/C18H22N6O2/c25-17(21-11-14-12-5-4-6-13(12)22-23-14)15-16(20-8-7-19-15)18(26)24-9-2-1-3-10-24/h7-8H,1-6,9-11H2,(H,21,25)(H,22,23). The molecule has 0 aromatic carbocycles. The maximum Gasteiger partial charge on any atom is 0.274 e. The molecule has 1 saturated heterocycles. The van der Waals surface area contributed by atoms with Crippen LogP contribution in [0.5, 0.6) is 0 Å². The summed E-state index contributed by atoms with van der Waals surface area (Å²) in [6, 6.07) is 0. The number of likely N-dealkylation sites (tertiary alicyclic amines) is 1. The van der Waals surface area contributed by atoms with E-state index in [1.807, 2.05) is 0 Å². The maximum absolute atomic E-state index is 12.7. The molecule has 136 valence electrons. The highest BCUT2D eigenvalue weighted by molar-refractivity contribution is 6.04. The zero-order valence-corrected chi connectivity index (χ0v) is 14.6. The van der Waals surface area contributed by atoms with E-state index in [0.29, 0.717) is 19.6 Å². The van der Waals surface area contributed by atoms with E-state index in [-0.39, 0.29) is 17.3 Å². The van der Waals surface area contributed by atoms with Crippen molar-refractivity contribution in [3.05, 3.63) is 40.7 Å². The number of H-pyrrole nitrogens is 1. The van der Waals surface area contributed by atoms with Crippen LogP contribution in [0.1, 0.15) is 63.6 Å². The van der Waals surface area contributed by atoms with Gasteiger partial charge in [0.2, 0.25) is 0 Å². The summed E-state index contributed by atoms with van der Waals surface area (Å²) in [5.74, 6) is -0.614. The predicted molar refractivity (Wildman–Crippen MR) is 93.6 cm³/mol. The fourth-order valence-corrected chi connectivity index (χ4v) is 3.69. The van der Waals surface area contributed by atoms with Gasteiger partial charge in [-0.2, -0.15) is 5.10 Å². The van der Waals surface area contributed by atoms with Gasteiger partial charge in [0.05, 0.1) is 12.2 Å². The number of nitrogens with zero attached hydrogens (tertiary/aromatic N) is 4. The highest BCUT2D eigenvalue weighted by Gasteiger charge is 2.26. The van der Waals surface area contributed by atoms with Crippen LogP contribution in [0.25, 0.3) is 0 Å². The van der Waals surface area contributed by atoms with Crippen LogP contribution in [0, 0.1) is 0 Å². The minimum absolute atomic E-state index is 0.0789. The first-order chi connectivity index (χ1) is 12.7. The molecule has 0 unspecified atom stereocenters. The van der Waals surface area contributed by atoms with E-state index in [1.54, 1.807) is 4.90 Å². The third kappa shape index (κ3) is 3.18. The second kappa shape index (κ2) is 7.23. The molecule has 0 saturated carbocycles. The van der Waals surface area contributed by atoms with Crippen LogP contribution in [0.15, 0.2) is 12.4 Å². The number of aryl methyl sites for hydroxylation is 1. The van der Waals surface area contributed by atoms with Crippen LogP contribution in [-0.2, 0) is 19.4 Å². The third-order valence-electron chi connectivity index (χ3n) is 5.07. The smallest absolute Gasteiger partial charge is 0.274 e. The van der Waals surface area contributed by atoms with Crippen molar-refractivity contribution in [2.75, 3.05) is 13.1 Å². The van der Waals surface area contributed by atoms with Crippen LogP contribution in [-0.4, -0.2) is 50.0 Å². The number of carbonyl (C=O) groups is 2. The van der Waals surface area contributed by atoms with Gasteiger partial charge in [0.25, 0.3) is 11.8 Å². The monoisotopic (exact) mass is 354 g/mol. The van der Waals surface area contributed by atoms with Crippen molar-refractivity contribution < 1.29 is 9.59 Å². The van der Waals surface area contributed by atoms with Gasteiger partial charge in [0.1, 0.15) is 0 Å². The molecule has 2 aromatic rings. The van der Waals surface area contributed by atoms with E-state index in [2.05, 4.69) is 25.5 Å². The maximum atomic E-state index is 12.7. The highest BCUT2D eigenvalue weighted by atomic mass is 16.2. The van der Waals surface area contributed by atoms with E-state index in [0.717, 1.165) is 49.9 Å². The topological polar surface area (TPSA) is 104 Å². The van der Waals surface area contributed by atoms with Crippen LogP contribution in [0.4, 0.5) is 0 Å². The SMILES string of the molecule is O=C(NCc1n[nH]c2c1CCC2)c1nccnc1C(=O)N1CCCCC1. The van der Waals surface area contributed by atoms with Gasteiger partial charge in [-0.25, -0.2) is 9.97 Å². The van der Waals surface area contributed by atoms with Gasteiger partial charge >= 0.3 is 0 Å². The molecule has 1 fully saturated rings. The number of hydrogen-bond acceptors (Lipinski definition) is 5. The quantitative estimate of drug-likeness (QED) is 0.860. The summed E-state index contributed by atoms with van der Waals surface area (Å²) in [7, 11) is 0. The zero-order valence-electron chi connectivity index (χ0n) is 14.6. The van der Waals surface area contributed by atoms with Crippen molar-refractivity contribution >= 4 is 11.8 Å². The van der Waals surface area contributed by atoms with Gasteiger partial charge in [-0.15, -0.1) is 0 Å². The third-order valence-corrected chi connectivity index (χ3v) is 5.07. The molecule has 0 bridgehead atoms. The van der Waals surface area contributed by atoms with Gasteiger partial charge in [-0.3, -0.25) is 14.7 Å². The van der Waals surface area contributed by atoms with Crippen molar-refractivity contribution in [2.45, 2.75) is 45.1 Å². The van der Waals surface area contributed by atoms with Gasteiger partial charge in [0.15, 0.2) is 11.4 Å². The van der Waals surface area contributed by atoms with Crippen LogP contribution in [0.2, 0.25) is 0 Å². The van der Waals surface area contributed by atoms with Crippen LogP contribution in [0.3, 0.4) is 0 Å². The Kier molecular flexibility index (Phi) is 4.64. The Morgan fingerprint density at radius 1 is 1.04 bits per heavy atom. The Morgan fingerprint density at radius 2 is 1.81 bits per heavy atom. The Bertz CT molecular complexity index is 825. The largest absolute Gasteiger partial charge is 0.345 e. The minimum Gasteiger partial charge on any atom is -0.345 e. The predicted octanol–water partition coefficient (Wildman–Crippen LogP) is 1.24. The number of amides is 2. The van der Waals surface area contributed by atoms with Crippen LogP contribution < -0.4 is 5.32 Å². The summed E-state index contributed by atoms with van der Waals surface area (Å²) in [5.41, 5.74) is 3.43. The van der Waals surface area contributed by atoms with Gasteiger partial charge in [-0.1, -0.05) is 0 Å². The number of piperidine rings is 1. The van der Waals surface area contributed by atoms with E-state index in [1.165, 1.54) is 18.0 Å². The number of aromatic amines is 1. The summed E-state index contributed by atoms with van der Waals surface area (Å²) in [5, 5.41) is 10.2. The number of aromatic nitrogens is 4. The lowest BCUT2D eigenvalue weighted by Crippen LogP contribution is -2.38. The summed E-state index contributed by atoms with van der Waals surface area (Å²) in [4.78, 5) is 35.4. The molecule has 1 aliphatic carbocycles. The fraction of sp³-hybridized carbons (Fsp3) is 0.500. The Hall–Kier alpha value is -2.77. The molecule has 3 heterocycles. The van der Waals surface area contributed by atoms with Crippen molar-refractivity contribution in [3.63, 3.8) is 0 Å². The van der Waals surface area contributed by atoms with Crippen LogP contribution >= 0.6 is 0 Å². The fourth-order valence-electron chi connectivity index (χ4n) is 3.69. The molecule has 4 rings (SSSR count). The number of fused-ring (bicyclic) bond motifs is 1. The zero-order chi connectivity index (χ0) is 17.9. The molecule has 2 aliphatic rings. The number of nitrogens with one attached hydrogen (secondary N) is 2. The van der Waals surface area contributed by atoms with Crippen molar-refractivity contribution in [3.8, 4) is 0 Å². The molecule has 0 atom stereocenters. The molecule has 2 aromatic heterocycles. The molecule has 26 heavy (non-hydrogen) atoms. The molecule has 0 spiro atoms. The summed E-state index contributed by atoms with van der Waals surface area (Å²) in [6.45, 7) is 1.73. The highest BCUT2D eigenvalue weighted by Crippen LogP contribution is 2.22. The molecule has 8 heteroatoms. The Balaban J connectivity index is 1.48. The molecular weight excluding hydrogens is 332 g/mol. The number of carbonyl (C=O) groups excluding carboxylic acids is 2. The second-order valence-electron chi connectivity index (χ2n) is 6.77. The number of hydrogen-bond donors (Lipinski definition) is 2. The lowest BCUT2D eigenvalue weighted by atomic mass is 10.1. The summed E-state index contributed by atoms with van der Waals surface area (Å²) < 4.78 is 0. The first kappa shape index (κ1) is 16.7. The van der Waals surface area contributed by atoms with Gasteiger partial charge in [-0.05, 0) is 44.1 Å². The summed E-state index contributed by atoms with van der Waals surface area (Å²) in [6.07, 6.45) is 9.10. The van der Waals surface area contributed by atoms with Crippen molar-refractivity contribution in [2.24, 2.45) is 0 Å².